The lowest BCUT2D eigenvalue weighted by Crippen LogP contribution is -2.42. The molecule has 1 aliphatic rings. The summed E-state index contributed by atoms with van der Waals surface area (Å²) in [5.74, 6) is -2.25. The van der Waals surface area contributed by atoms with E-state index >= 15 is 0 Å². The molecule has 1 aliphatic heterocycles. The number of carboxylic acid groups (broad SMARTS) is 1. The van der Waals surface area contributed by atoms with E-state index in [1.54, 1.807) is 0 Å². The highest BCUT2D eigenvalue weighted by molar-refractivity contribution is 9.10. The van der Waals surface area contributed by atoms with Crippen molar-refractivity contribution in [3.05, 3.63) is 34.1 Å². The Hall–Kier alpha value is -1.43. The van der Waals surface area contributed by atoms with Crippen LogP contribution >= 0.6 is 15.9 Å². The van der Waals surface area contributed by atoms with Crippen molar-refractivity contribution < 1.29 is 19.1 Å². The average molecular weight is 330 g/mol. The molecule has 1 N–H and O–H groups in total. The zero-order valence-electron chi connectivity index (χ0n) is 10.1. The second-order valence-electron chi connectivity index (χ2n) is 4.55. The van der Waals surface area contributed by atoms with Crippen LogP contribution in [0.4, 0.5) is 4.39 Å². The number of halogens is 2. The number of aliphatic carboxylic acids is 1. The van der Waals surface area contributed by atoms with E-state index < -0.39 is 17.7 Å². The van der Waals surface area contributed by atoms with Gasteiger partial charge < -0.3 is 10.0 Å². The van der Waals surface area contributed by atoms with E-state index in [4.69, 9.17) is 5.11 Å². The Morgan fingerprint density at radius 3 is 2.84 bits per heavy atom. The quantitative estimate of drug-likeness (QED) is 0.907. The van der Waals surface area contributed by atoms with E-state index in [0.29, 0.717) is 23.9 Å². The number of piperidine rings is 1. The molecule has 4 nitrogen and oxygen atoms in total. The van der Waals surface area contributed by atoms with Gasteiger partial charge in [-0.25, -0.2) is 4.39 Å². The lowest BCUT2D eigenvalue weighted by molar-refractivity contribution is -0.143. The van der Waals surface area contributed by atoms with Crippen LogP contribution in [-0.4, -0.2) is 35.0 Å². The molecular formula is C13H13BrFNO3. The second kappa shape index (κ2) is 5.69. The number of carbonyl (C=O) groups is 2. The van der Waals surface area contributed by atoms with E-state index in [1.165, 1.54) is 17.0 Å². The predicted molar refractivity (Wildman–Crippen MR) is 70.4 cm³/mol. The van der Waals surface area contributed by atoms with Gasteiger partial charge in [0.25, 0.3) is 5.91 Å². The molecule has 1 aromatic carbocycles. The van der Waals surface area contributed by atoms with E-state index in [-0.39, 0.29) is 18.0 Å². The van der Waals surface area contributed by atoms with Gasteiger partial charge in [0.15, 0.2) is 0 Å². The molecule has 0 unspecified atom stereocenters. The van der Waals surface area contributed by atoms with Crippen molar-refractivity contribution in [3.63, 3.8) is 0 Å². The summed E-state index contributed by atoms with van der Waals surface area (Å²) in [6.45, 7) is 0.683. The zero-order chi connectivity index (χ0) is 14.0. The Balaban J connectivity index is 2.19. The van der Waals surface area contributed by atoms with Gasteiger partial charge in [-0.2, -0.15) is 0 Å². The van der Waals surface area contributed by atoms with Crippen LogP contribution < -0.4 is 0 Å². The first-order valence-corrected chi connectivity index (χ1v) is 6.75. The Labute approximate surface area is 118 Å². The minimum Gasteiger partial charge on any atom is -0.481 e. The molecule has 0 aliphatic carbocycles. The number of rotatable bonds is 2. The largest absolute Gasteiger partial charge is 0.481 e. The van der Waals surface area contributed by atoms with Crippen LogP contribution in [0.5, 0.6) is 0 Å². The molecule has 0 bridgehead atoms. The van der Waals surface area contributed by atoms with Crippen LogP contribution in [0.1, 0.15) is 23.2 Å². The minimum absolute atomic E-state index is 0.178. The fourth-order valence-electron chi connectivity index (χ4n) is 2.19. The first kappa shape index (κ1) is 14.0. The summed E-state index contributed by atoms with van der Waals surface area (Å²) in [6, 6.07) is 3.90. The van der Waals surface area contributed by atoms with Crippen LogP contribution in [-0.2, 0) is 4.79 Å². The van der Waals surface area contributed by atoms with Crippen molar-refractivity contribution >= 4 is 27.8 Å². The SMILES string of the molecule is O=C(O)[C@@H]1CCCN(C(=O)c2cc(F)ccc2Br)C1. The summed E-state index contributed by atoms with van der Waals surface area (Å²) in [6.07, 6.45) is 1.22. The van der Waals surface area contributed by atoms with Gasteiger partial charge in [0.05, 0.1) is 11.5 Å². The normalized spacial score (nSPS) is 19.3. The van der Waals surface area contributed by atoms with Gasteiger partial charge in [-0.3, -0.25) is 9.59 Å². The van der Waals surface area contributed by atoms with E-state index in [0.717, 1.165) is 6.07 Å². The lowest BCUT2D eigenvalue weighted by Gasteiger charge is -2.31. The van der Waals surface area contributed by atoms with Gasteiger partial charge in [0, 0.05) is 17.6 Å². The van der Waals surface area contributed by atoms with Crippen molar-refractivity contribution in [1.29, 1.82) is 0 Å². The molecule has 0 radical (unpaired) electrons. The molecule has 19 heavy (non-hydrogen) atoms. The average Bonchev–Trinajstić information content (AvgIpc) is 2.41. The number of hydrogen-bond acceptors (Lipinski definition) is 2. The molecule has 0 saturated carbocycles. The molecule has 1 amide bonds. The maximum absolute atomic E-state index is 13.2. The highest BCUT2D eigenvalue weighted by Gasteiger charge is 2.29. The smallest absolute Gasteiger partial charge is 0.308 e. The summed E-state index contributed by atoms with van der Waals surface area (Å²) in [7, 11) is 0. The standard InChI is InChI=1S/C13H13BrFNO3/c14-11-4-3-9(15)6-10(11)12(17)16-5-1-2-8(7-16)13(18)19/h3-4,6,8H,1-2,5,7H2,(H,18,19)/t8-/m1/s1. The van der Waals surface area contributed by atoms with Crippen LogP contribution in [0.3, 0.4) is 0 Å². The number of likely N-dealkylation sites (tertiary alicyclic amines) is 1. The van der Waals surface area contributed by atoms with Crippen molar-refractivity contribution in [2.24, 2.45) is 5.92 Å². The molecule has 1 atom stereocenters. The van der Waals surface area contributed by atoms with Gasteiger partial charge in [-0.05, 0) is 47.0 Å². The first-order valence-electron chi connectivity index (χ1n) is 5.96. The maximum Gasteiger partial charge on any atom is 0.308 e. The topological polar surface area (TPSA) is 57.6 Å². The van der Waals surface area contributed by atoms with E-state index in [2.05, 4.69) is 15.9 Å². The maximum atomic E-state index is 13.2. The minimum atomic E-state index is -0.893. The molecule has 2 rings (SSSR count). The van der Waals surface area contributed by atoms with Gasteiger partial charge in [0.1, 0.15) is 5.82 Å². The van der Waals surface area contributed by atoms with Gasteiger partial charge in [0.2, 0.25) is 0 Å². The highest BCUT2D eigenvalue weighted by atomic mass is 79.9. The molecule has 102 valence electrons. The van der Waals surface area contributed by atoms with Crippen LogP contribution in [0, 0.1) is 11.7 Å². The summed E-state index contributed by atoms with van der Waals surface area (Å²) >= 11 is 3.21. The summed E-state index contributed by atoms with van der Waals surface area (Å²) < 4.78 is 13.7. The number of amides is 1. The molecule has 0 spiro atoms. The van der Waals surface area contributed by atoms with Crippen molar-refractivity contribution in [3.8, 4) is 0 Å². The van der Waals surface area contributed by atoms with E-state index in [9.17, 15) is 14.0 Å². The van der Waals surface area contributed by atoms with E-state index in [1.807, 2.05) is 0 Å². The van der Waals surface area contributed by atoms with Crippen molar-refractivity contribution in [2.45, 2.75) is 12.8 Å². The lowest BCUT2D eigenvalue weighted by atomic mass is 9.97. The summed E-state index contributed by atoms with van der Waals surface area (Å²) in [4.78, 5) is 24.7. The summed E-state index contributed by atoms with van der Waals surface area (Å²) in [5.41, 5.74) is 0.228. The monoisotopic (exact) mass is 329 g/mol. The number of nitrogens with zero attached hydrogens (tertiary/aromatic N) is 1. The third-order valence-corrected chi connectivity index (χ3v) is 3.91. The van der Waals surface area contributed by atoms with Gasteiger partial charge in [-0.1, -0.05) is 0 Å². The Kier molecular flexibility index (Phi) is 4.19. The van der Waals surface area contributed by atoms with Crippen molar-refractivity contribution in [2.75, 3.05) is 13.1 Å². The van der Waals surface area contributed by atoms with Crippen molar-refractivity contribution in [1.82, 2.24) is 4.90 Å². The van der Waals surface area contributed by atoms with Crippen LogP contribution in [0.15, 0.2) is 22.7 Å². The fraction of sp³-hybridized carbons (Fsp3) is 0.385. The molecule has 1 heterocycles. The van der Waals surface area contributed by atoms with Crippen LogP contribution in [0.2, 0.25) is 0 Å². The third kappa shape index (κ3) is 3.12. The third-order valence-electron chi connectivity index (χ3n) is 3.22. The fourth-order valence-corrected chi connectivity index (χ4v) is 2.61. The Morgan fingerprint density at radius 1 is 1.42 bits per heavy atom. The molecule has 1 saturated heterocycles. The molecule has 1 fully saturated rings. The van der Waals surface area contributed by atoms with Gasteiger partial charge >= 0.3 is 5.97 Å². The predicted octanol–water partition coefficient (Wildman–Crippen LogP) is 2.53. The number of carbonyl (C=O) groups excluding carboxylic acids is 1. The Bertz CT molecular complexity index is 521. The second-order valence-corrected chi connectivity index (χ2v) is 5.41. The summed E-state index contributed by atoms with van der Waals surface area (Å²) in [5, 5.41) is 9.00. The van der Waals surface area contributed by atoms with Crippen LogP contribution in [0.25, 0.3) is 0 Å². The first-order chi connectivity index (χ1) is 8.99. The molecule has 0 aromatic heterocycles. The number of carboxylic acids is 1. The Morgan fingerprint density at radius 2 is 2.16 bits per heavy atom. The molecule has 1 aromatic rings. The number of hydrogen-bond donors (Lipinski definition) is 1. The molecular weight excluding hydrogens is 317 g/mol. The highest BCUT2D eigenvalue weighted by Crippen LogP contribution is 2.23. The number of benzene rings is 1. The molecule has 6 heteroatoms. The zero-order valence-corrected chi connectivity index (χ0v) is 11.7. The van der Waals surface area contributed by atoms with Gasteiger partial charge in [-0.15, -0.1) is 0 Å².